The number of nitrogens with zero attached hydrogens (tertiary/aromatic N) is 3. The second kappa shape index (κ2) is 5.21. The minimum Gasteiger partial charge on any atom is -0.396 e. The Bertz CT molecular complexity index is 843. The molecule has 2 aliphatic heterocycles. The molecule has 2 aliphatic rings. The van der Waals surface area contributed by atoms with E-state index in [0.717, 1.165) is 0 Å². The number of alkyl halides is 1. The van der Waals surface area contributed by atoms with Gasteiger partial charge in [0.25, 0.3) is 0 Å². The quantitative estimate of drug-likeness (QED) is 0.807. The molecule has 1 unspecified atom stereocenters. The van der Waals surface area contributed by atoms with E-state index in [4.69, 9.17) is 24.0 Å². The van der Waals surface area contributed by atoms with Crippen LogP contribution in [-0.2, 0) is 22.9 Å². The maximum atomic E-state index is 15.5. The minimum absolute atomic E-state index is 0.0991. The Kier molecular flexibility index (Phi) is 3.45. The molecule has 2 fully saturated rings. The number of phosphoric acid groups is 1. The Labute approximate surface area is 136 Å². The Morgan fingerprint density at radius 2 is 2.38 bits per heavy atom. The van der Waals surface area contributed by atoms with E-state index >= 15 is 4.39 Å². The Morgan fingerprint density at radius 1 is 1.58 bits per heavy atom. The topological polar surface area (TPSA) is 110 Å². The highest BCUT2D eigenvalue weighted by atomic mass is 31.2. The normalized spacial score (nSPS) is 39.2. The summed E-state index contributed by atoms with van der Waals surface area (Å²) in [5, 5.41) is 4.15. The molecular formula is C13H16FN4O5P. The lowest BCUT2D eigenvalue weighted by molar-refractivity contribution is -0.0594. The van der Waals surface area contributed by atoms with E-state index in [1.165, 1.54) is 30.9 Å². The number of phosphoric ester groups is 1. The predicted octanol–water partition coefficient (Wildman–Crippen LogP) is 1.65. The molecular weight excluding hydrogens is 342 g/mol. The molecule has 2 saturated heterocycles. The van der Waals surface area contributed by atoms with E-state index < -0.39 is 31.8 Å². The zero-order valence-electron chi connectivity index (χ0n) is 13.0. The Balaban J connectivity index is 1.74. The lowest BCUT2D eigenvalue weighted by Gasteiger charge is -2.33. The molecule has 11 heteroatoms. The van der Waals surface area contributed by atoms with Crippen LogP contribution in [-0.4, -0.2) is 46.2 Å². The van der Waals surface area contributed by atoms with Gasteiger partial charge in [-0.15, -0.1) is 0 Å². The molecule has 0 aliphatic carbocycles. The highest BCUT2D eigenvalue weighted by molar-refractivity contribution is 7.48. The number of rotatable bonds is 2. The van der Waals surface area contributed by atoms with Gasteiger partial charge in [0.15, 0.2) is 11.3 Å². The third-order valence-electron chi connectivity index (χ3n) is 4.31. The summed E-state index contributed by atoms with van der Waals surface area (Å²) in [6.07, 6.45) is 0.0744. The van der Waals surface area contributed by atoms with Crippen LogP contribution in [0.25, 0.3) is 5.65 Å². The number of fused-ring (bicyclic) bond motifs is 2. The van der Waals surface area contributed by atoms with Gasteiger partial charge in [0.05, 0.1) is 30.4 Å². The van der Waals surface area contributed by atoms with E-state index in [1.54, 1.807) is 6.07 Å². The van der Waals surface area contributed by atoms with Crippen molar-refractivity contribution in [3.63, 3.8) is 0 Å². The van der Waals surface area contributed by atoms with Crippen molar-refractivity contribution in [1.29, 1.82) is 0 Å². The van der Waals surface area contributed by atoms with Gasteiger partial charge in [0, 0.05) is 7.11 Å². The first-order valence-corrected chi connectivity index (χ1v) is 8.73. The van der Waals surface area contributed by atoms with Gasteiger partial charge in [-0.3, -0.25) is 13.6 Å². The summed E-state index contributed by atoms with van der Waals surface area (Å²) in [4.78, 5) is 4.17. The van der Waals surface area contributed by atoms with E-state index in [0.29, 0.717) is 17.0 Å². The molecule has 2 N–H and O–H groups in total. The molecule has 24 heavy (non-hydrogen) atoms. The van der Waals surface area contributed by atoms with Crippen LogP contribution in [0.1, 0.15) is 18.7 Å². The highest BCUT2D eigenvalue weighted by Gasteiger charge is 2.61. The molecule has 9 nitrogen and oxygen atoms in total. The number of nitrogen functional groups attached to an aromatic ring is 1. The summed E-state index contributed by atoms with van der Waals surface area (Å²) in [6, 6.07) is 1.60. The maximum absolute atomic E-state index is 15.5. The minimum atomic E-state index is -3.78. The zero-order chi connectivity index (χ0) is 17.1. The van der Waals surface area contributed by atoms with Crippen LogP contribution in [0.15, 0.2) is 18.5 Å². The van der Waals surface area contributed by atoms with Crippen LogP contribution < -0.4 is 5.73 Å². The average Bonchev–Trinajstić information content (AvgIpc) is 3.08. The number of hydrogen-bond donors (Lipinski definition) is 1. The monoisotopic (exact) mass is 358 g/mol. The summed E-state index contributed by atoms with van der Waals surface area (Å²) in [5.41, 5.74) is 5.05. The maximum Gasteiger partial charge on any atom is 0.475 e. The molecule has 0 bridgehead atoms. The fourth-order valence-corrected chi connectivity index (χ4v) is 4.29. The number of imidazole rings is 1. The molecule has 4 heterocycles. The van der Waals surface area contributed by atoms with Crippen molar-refractivity contribution in [3.8, 4) is 0 Å². The lowest BCUT2D eigenvalue weighted by Crippen LogP contribution is -2.44. The fourth-order valence-electron chi connectivity index (χ4n) is 3.09. The number of hydrogen-bond acceptors (Lipinski definition) is 8. The molecule has 0 spiro atoms. The Hall–Kier alpha value is -1.58. The van der Waals surface area contributed by atoms with Gasteiger partial charge >= 0.3 is 7.82 Å². The summed E-state index contributed by atoms with van der Waals surface area (Å²) >= 11 is 0. The van der Waals surface area contributed by atoms with Gasteiger partial charge in [0.2, 0.25) is 0 Å². The van der Waals surface area contributed by atoms with Crippen LogP contribution in [0.5, 0.6) is 0 Å². The molecule has 2 aromatic heterocycles. The van der Waals surface area contributed by atoms with E-state index in [9.17, 15) is 4.57 Å². The average molecular weight is 358 g/mol. The van der Waals surface area contributed by atoms with Crippen LogP contribution >= 0.6 is 7.82 Å². The Morgan fingerprint density at radius 3 is 3.12 bits per heavy atom. The molecule has 0 saturated carbocycles. The van der Waals surface area contributed by atoms with Gasteiger partial charge in [0.1, 0.15) is 18.3 Å². The fraction of sp³-hybridized carbons (Fsp3) is 0.538. The second-order valence-corrected chi connectivity index (χ2v) is 7.59. The summed E-state index contributed by atoms with van der Waals surface area (Å²) < 4.78 is 49.9. The molecule has 130 valence electrons. The zero-order valence-corrected chi connectivity index (χ0v) is 13.9. The van der Waals surface area contributed by atoms with Gasteiger partial charge in [-0.1, -0.05) is 0 Å². The third-order valence-corrected chi connectivity index (χ3v) is 5.71. The smallest absolute Gasteiger partial charge is 0.396 e. The molecule has 2 aromatic rings. The van der Waals surface area contributed by atoms with Crippen molar-refractivity contribution in [2.45, 2.75) is 30.9 Å². The van der Waals surface area contributed by atoms with Crippen molar-refractivity contribution >= 4 is 19.2 Å². The summed E-state index contributed by atoms with van der Waals surface area (Å²) in [5.74, 6) is 0. The van der Waals surface area contributed by atoms with Crippen molar-refractivity contribution in [3.05, 3.63) is 24.2 Å². The van der Waals surface area contributed by atoms with E-state index in [1.807, 2.05) is 0 Å². The molecule has 0 amide bonds. The number of anilines is 1. The van der Waals surface area contributed by atoms with Crippen molar-refractivity contribution < 1.29 is 27.3 Å². The van der Waals surface area contributed by atoms with E-state index in [-0.39, 0.29) is 6.61 Å². The van der Waals surface area contributed by atoms with Crippen molar-refractivity contribution in [1.82, 2.24) is 14.6 Å². The molecule has 0 aromatic carbocycles. The summed E-state index contributed by atoms with van der Waals surface area (Å²) in [7, 11) is -2.60. The van der Waals surface area contributed by atoms with Gasteiger partial charge in [-0.05, 0) is 13.0 Å². The van der Waals surface area contributed by atoms with Gasteiger partial charge < -0.3 is 10.5 Å². The van der Waals surface area contributed by atoms with Gasteiger partial charge in [-0.25, -0.2) is 18.5 Å². The predicted molar refractivity (Wildman–Crippen MR) is 80.0 cm³/mol. The van der Waals surface area contributed by atoms with Crippen molar-refractivity contribution in [2.24, 2.45) is 0 Å². The summed E-state index contributed by atoms with van der Waals surface area (Å²) in [6.45, 7) is 1.22. The first-order valence-electron chi connectivity index (χ1n) is 7.27. The van der Waals surface area contributed by atoms with Gasteiger partial charge in [-0.2, -0.15) is 5.10 Å². The molecule has 5 atom stereocenters. The van der Waals surface area contributed by atoms with Crippen molar-refractivity contribution in [2.75, 3.05) is 19.5 Å². The van der Waals surface area contributed by atoms with E-state index in [2.05, 4.69) is 10.1 Å². The lowest BCUT2D eigenvalue weighted by atomic mass is 9.93. The SMILES string of the molecule is COP1(=O)OC[C@H]2O[C@@H](c3cnc4c(N)ccnn34)[C@](C)(F)[C@@H]2O1. The van der Waals surface area contributed by atoms with Crippen LogP contribution in [0, 0.1) is 0 Å². The number of nitrogens with two attached hydrogens (primary N) is 1. The number of ether oxygens (including phenoxy) is 1. The van der Waals surface area contributed by atoms with Crippen LogP contribution in [0.2, 0.25) is 0 Å². The van der Waals surface area contributed by atoms with Crippen LogP contribution in [0.4, 0.5) is 10.1 Å². The highest BCUT2D eigenvalue weighted by Crippen LogP contribution is 2.59. The first kappa shape index (κ1) is 15.9. The van der Waals surface area contributed by atoms with Crippen LogP contribution in [0.3, 0.4) is 0 Å². The molecule has 4 rings (SSSR count). The first-order chi connectivity index (χ1) is 11.4. The second-order valence-electron chi connectivity index (χ2n) is 5.86. The number of halogens is 1. The largest absolute Gasteiger partial charge is 0.475 e. The third kappa shape index (κ3) is 2.18. The number of aromatic nitrogens is 3. The standard InChI is InChI=1S/C13H16FN4O5P/c1-13(14)10(8-5-16-12-7(15)3-4-17-18(8)12)22-9-6-21-24(19,20-2)23-11(9)13/h3-5,9-11H,6,15H2,1-2H3/t9-,10+,11-,13+,24?/m1/s1. The molecule has 0 radical (unpaired) electrons.